The van der Waals surface area contributed by atoms with E-state index in [1.165, 1.54) is 38.2 Å². The van der Waals surface area contributed by atoms with Gasteiger partial charge in [-0.3, -0.25) is 4.99 Å². The minimum atomic E-state index is 0.577. The third kappa shape index (κ3) is 6.87. The zero-order chi connectivity index (χ0) is 20.5. The van der Waals surface area contributed by atoms with Crippen LogP contribution in [0.3, 0.4) is 0 Å². The van der Waals surface area contributed by atoms with Crippen LogP contribution in [0.25, 0.3) is 11.5 Å². The van der Waals surface area contributed by atoms with Crippen molar-refractivity contribution >= 4 is 5.96 Å². The Morgan fingerprint density at radius 3 is 2.76 bits per heavy atom. The highest BCUT2D eigenvalue weighted by molar-refractivity contribution is 5.79. The minimum Gasteiger partial charge on any atom is -0.444 e. The molecule has 0 radical (unpaired) electrons. The largest absolute Gasteiger partial charge is 0.444 e. The molecule has 7 heteroatoms. The molecule has 0 bridgehead atoms. The van der Waals surface area contributed by atoms with Crippen LogP contribution in [0.1, 0.15) is 24.1 Å². The molecule has 158 valence electrons. The van der Waals surface area contributed by atoms with Gasteiger partial charge in [0, 0.05) is 32.2 Å². The normalized spacial score (nSPS) is 16.6. The number of nitrogens with zero attached hydrogens (tertiary/aromatic N) is 4. The maximum Gasteiger partial charge on any atom is 0.226 e. The summed E-state index contributed by atoms with van der Waals surface area (Å²) in [6.07, 6.45) is 4.06. The average molecular weight is 399 g/mol. The summed E-state index contributed by atoms with van der Waals surface area (Å²) >= 11 is 0. The maximum absolute atomic E-state index is 5.62. The molecule has 1 aliphatic rings. The van der Waals surface area contributed by atoms with Crippen molar-refractivity contribution in [2.24, 2.45) is 4.99 Å². The molecular formula is C22H34N6O. The van der Waals surface area contributed by atoms with E-state index in [0.29, 0.717) is 12.4 Å². The summed E-state index contributed by atoms with van der Waals surface area (Å²) < 4.78 is 5.62. The summed E-state index contributed by atoms with van der Waals surface area (Å²) in [5, 5.41) is 6.70. The molecule has 1 aromatic carbocycles. The van der Waals surface area contributed by atoms with Crippen LogP contribution < -0.4 is 10.6 Å². The first-order valence-corrected chi connectivity index (χ1v) is 10.5. The van der Waals surface area contributed by atoms with Gasteiger partial charge in [-0.15, -0.1) is 0 Å². The monoisotopic (exact) mass is 398 g/mol. The van der Waals surface area contributed by atoms with Crippen LogP contribution in [-0.2, 0) is 6.54 Å². The molecule has 1 aromatic heterocycles. The quantitative estimate of drug-likeness (QED) is 0.424. The van der Waals surface area contributed by atoms with E-state index in [1.807, 2.05) is 12.1 Å². The van der Waals surface area contributed by atoms with Gasteiger partial charge in [0.1, 0.15) is 6.26 Å². The number of benzene rings is 1. The second-order valence-corrected chi connectivity index (χ2v) is 7.71. The predicted molar refractivity (Wildman–Crippen MR) is 118 cm³/mol. The van der Waals surface area contributed by atoms with Crippen molar-refractivity contribution in [2.45, 2.75) is 26.3 Å². The zero-order valence-electron chi connectivity index (χ0n) is 17.9. The highest BCUT2D eigenvalue weighted by Crippen LogP contribution is 2.18. The van der Waals surface area contributed by atoms with E-state index in [-0.39, 0.29) is 0 Å². The summed E-state index contributed by atoms with van der Waals surface area (Å²) in [7, 11) is 4.00. The lowest BCUT2D eigenvalue weighted by Crippen LogP contribution is -2.38. The van der Waals surface area contributed by atoms with Crippen LogP contribution in [0.15, 0.2) is 39.9 Å². The molecule has 0 aliphatic carbocycles. The van der Waals surface area contributed by atoms with Crippen LogP contribution in [0, 0.1) is 6.92 Å². The molecule has 1 aliphatic heterocycles. The van der Waals surface area contributed by atoms with Crippen molar-refractivity contribution in [3.05, 3.63) is 41.8 Å². The van der Waals surface area contributed by atoms with Crippen molar-refractivity contribution < 1.29 is 4.42 Å². The molecule has 0 amide bonds. The smallest absolute Gasteiger partial charge is 0.226 e. The lowest BCUT2D eigenvalue weighted by Gasteiger charge is -2.20. The first kappa shape index (κ1) is 21.3. The van der Waals surface area contributed by atoms with Crippen molar-refractivity contribution in [1.82, 2.24) is 25.4 Å². The average Bonchev–Trinajstić information content (AvgIpc) is 3.10. The third-order valence-electron chi connectivity index (χ3n) is 5.27. The molecular weight excluding hydrogens is 364 g/mol. The molecule has 2 aromatic rings. The van der Waals surface area contributed by atoms with Crippen molar-refractivity contribution in [3.8, 4) is 11.5 Å². The van der Waals surface area contributed by atoms with E-state index < -0.39 is 0 Å². The fourth-order valence-corrected chi connectivity index (χ4v) is 3.44. The molecule has 0 spiro atoms. The molecule has 0 atom stereocenters. The molecule has 3 rings (SSSR count). The molecule has 2 N–H and O–H groups in total. The predicted octanol–water partition coefficient (Wildman–Crippen LogP) is 2.34. The fourth-order valence-electron chi connectivity index (χ4n) is 3.44. The topological polar surface area (TPSA) is 68.9 Å². The van der Waals surface area contributed by atoms with E-state index in [2.05, 4.69) is 56.5 Å². The number of rotatable bonds is 7. The molecule has 0 unspecified atom stereocenters. The van der Waals surface area contributed by atoms with Gasteiger partial charge in [-0.05, 0) is 58.6 Å². The number of aliphatic imine (C=N–C) groups is 1. The maximum atomic E-state index is 5.62. The standard InChI is InChI=1S/C22H34N6O/c1-18-6-8-19(9-7-18)21-26-20(17-29-21)16-25-22(23-2)24-10-4-12-28-13-5-11-27(3)14-15-28/h6-9,17H,4-5,10-16H2,1-3H3,(H2,23,24,25). The second-order valence-electron chi connectivity index (χ2n) is 7.71. The van der Waals surface area contributed by atoms with E-state index in [4.69, 9.17) is 4.42 Å². The second kappa shape index (κ2) is 11.0. The van der Waals surface area contributed by atoms with Crippen LogP contribution >= 0.6 is 0 Å². The molecule has 7 nitrogen and oxygen atoms in total. The van der Waals surface area contributed by atoms with E-state index in [0.717, 1.165) is 36.7 Å². The Morgan fingerprint density at radius 2 is 1.97 bits per heavy atom. The molecule has 29 heavy (non-hydrogen) atoms. The highest BCUT2D eigenvalue weighted by Gasteiger charge is 2.11. The zero-order valence-corrected chi connectivity index (χ0v) is 17.9. The van der Waals surface area contributed by atoms with Crippen molar-refractivity contribution in [3.63, 3.8) is 0 Å². The van der Waals surface area contributed by atoms with Gasteiger partial charge in [-0.25, -0.2) is 4.98 Å². The molecule has 2 heterocycles. The number of likely N-dealkylation sites (N-methyl/N-ethyl adjacent to an activating group) is 1. The van der Waals surface area contributed by atoms with Gasteiger partial charge in [0.05, 0.1) is 12.2 Å². The summed E-state index contributed by atoms with van der Waals surface area (Å²) in [5.74, 6) is 1.44. The minimum absolute atomic E-state index is 0.577. The Hall–Kier alpha value is -2.38. The number of guanidine groups is 1. The molecule has 1 fully saturated rings. The number of hydrogen-bond donors (Lipinski definition) is 2. The van der Waals surface area contributed by atoms with Gasteiger partial charge in [0.25, 0.3) is 0 Å². The Kier molecular flexibility index (Phi) is 8.07. The molecule has 0 saturated carbocycles. The SMILES string of the molecule is CN=C(NCCCN1CCCN(C)CC1)NCc1coc(-c2ccc(C)cc2)n1. The summed E-state index contributed by atoms with van der Waals surface area (Å²) in [6, 6.07) is 8.18. The number of aryl methyl sites for hydroxylation is 1. The first-order chi connectivity index (χ1) is 14.1. The Labute approximate surface area is 174 Å². The number of oxazole rings is 1. The van der Waals surface area contributed by atoms with Gasteiger partial charge in [0.2, 0.25) is 5.89 Å². The van der Waals surface area contributed by atoms with Crippen LogP contribution in [-0.4, -0.2) is 74.1 Å². The lowest BCUT2D eigenvalue weighted by atomic mass is 10.1. The van der Waals surface area contributed by atoms with Gasteiger partial charge < -0.3 is 24.9 Å². The lowest BCUT2D eigenvalue weighted by molar-refractivity contribution is 0.274. The van der Waals surface area contributed by atoms with E-state index >= 15 is 0 Å². The van der Waals surface area contributed by atoms with Crippen molar-refractivity contribution in [1.29, 1.82) is 0 Å². The van der Waals surface area contributed by atoms with Crippen LogP contribution in [0.2, 0.25) is 0 Å². The van der Waals surface area contributed by atoms with Gasteiger partial charge in [0.15, 0.2) is 5.96 Å². The third-order valence-corrected chi connectivity index (χ3v) is 5.27. The summed E-state index contributed by atoms with van der Waals surface area (Å²) in [4.78, 5) is 13.8. The number of nitrogens with one attached hydrogen (secondary N) is 2. The van der Waals surface area contributed by atoms with Gasteiger partial charge in [-0.2, -0.15) is 0 Å². The molecule has 1 saturated heterocycles. The Balaban J connectivity index is 1.38. The Bertz CT molecular complexity index is 770. The van der Waals surface area contributed by atoms with Crippen LogP contribution in [0.5, 0.6) is 0 Å². The van der Waals surface area contributed by atoms with E-state index in [9.17, 15) is 0 Å². The van der Waals surface area contributed by atoms with Gasteiger partial charge >= 0.3 is 0 Å². The van der Waals surface area contributed by atoms with Crippen LogP contribution in [0.4, 0.5) is 0 Å². The fraction of sp³-hybridized carbons (Fsp3) is 0.545. The van der Waals surface area contributed by atoms with Crippen molar-refractivity contribution in [2.75, 3.05) is 53.4 Å². The van der Waals surface area contributed by atoms with Gasteiger partial charge in [-0.1, -0.05) is 17.7 Å². The highest BCUT2D eigenvalue weighted by atomic mass is 16.3. The summed E-state index contributed by atoms with van der Waals surface area (Å²) in [6.45, 7) is 9.41. The first-order valence-electron chi connectivity index (χ1n) is 10.5. The number of hydrogen-bond acceptors (Lipinski definition) is 5. The number of aromatic nitrogens is 1. The van der Waals surface area contributed by atoms with E-state index in [1.54, 1.807) is 13.3 Å². The Morgan fingerprint density at radius 1 is 1.14 bits per heavy atom. The summed E-state index contributed by atoms with van der Waals surface area (Å²) in [5.41, 5.74) is 3.07.